The van der Waals surface area contributed by atoms with Gasteiger partial charge >= 0.3 is 0 Å². The largest absolute Gasteiger partial charge is 0.454 e. The second kappa shape index (κ2) is 10.3. The van der Waals surface area contributed by atoms with Crippen LogP contribution >= 0.6 is 0 Å². The Balaban J connectivity index is 0.00000280. The molecule has 0 saturated heterocycles. The SMILES string of the molecule is CC(C)Cc1cc(CC(C)C)c2c(oc3ccccc32)c1-n1c(-c2[c-]cccc2)nc2ccccc21.[Ir]. The molecule has 1 radical (unpaired) electrons. The van der Waals surface area contributed by atoms with E-state index in [9.17, 15) is 0 Å². The number of furan rings is 1. The van der Waals surface area contributed by atoms with Gasteiger partial charge in [0.05, 0.1) is 22.5 Å². The molecular formula is C33H31IrN2O-. The van der Waals surface area contributed by atoms with Gasteiger partial charge in [0.1, 0.15) is 5.58 Å². The third-order valence-corrected chi connectivity index (χ3v) is 6.77. The second-order valence-electron chi connectivity index (χ2n) is 10.6. The molecule has 6 aromatic rings. The third kappa shape index (κ3) is 4.54. The predicted molar refractivity (Wildman–Crippen MR) is 150 cm³/mol. The van der Waals surface area contributed by atoms with E-state index in [1.807, 2.05) is 18.2 Å². The number of benzene rings is 4. The monoisotopic (exact) mass is 664 g/mol. The van der Waals surface area contributed by atoms with E-state index in [0.717, 1.165) is 52.1 Å². The molecule has 2 aromatic heterocycles. The van der Waals surface area contributed by atoms with E-state index >= 15 is 0 Å². The summed E-state index contributed by atoms with van der Waals surface area (Å²) in [6.07, 6.45) is 1.97. The van der Waals surface area contributed by atoms with Crippen molar-refractivity contribution in [2.75, 3.05) is 0 Å². The van der Waals surface area contributed by atoms with E-state index in [-0.39, 0.29) is 20.1 Å². The number of nitrogens with zero attached hydrogens (tertiary/aromatic N) is 2. The number of rotatable bonds is 6. The van der Waals surface area contributed by atoms with E-state index in [4.69, 9.17) is 9.40 Å². The van der Waals surface area contributed by atoms with Gasteiger partial charge in [0.25, 0.3) is 0 Å². The number of para-hydroxylation sites is 3. The van der Waals surface area contributed by atoms with Gasteiger partial charge in [-0.15, -0.1) is 35.9 Å². The fourth-order valence-electron chi connectivity index (χ4n) is 5.43. The van der Waals surface area contributed by atoms with Gasteiger partial charge in [-0.1, -0.05) is 64.1 Å². The summed E-state index contributed by atoms with van der Waals surface area (Å²) in [7, 11) is 0. The van der Waals surface area contributed by atoms with E-state index in [2.05, 4.69) is 99.0 Å². The molecule has 6 rings (SSSR count). The molecular weight excluding hydrogens is 633 g/mol. The van der Waals surface area contributed by atoms with Crippen molar-refractivity contribution < 1.29 is 24.5 Å². The molecule has 4 aromatic carbocycles. The number of fused-ring (bicyclic) bond motifs is 4. The Hall–Kier alpha value is -3.20. The first-order valence-electron chi connectivity index (χ1n) is 12.9. The average molecular weight is 664 g/mol. The molecule has 0 spiro atoms. The minimum atomic E-state index is 0. The summed E-state index contributed by atoms with van der Waals surface area (Å²) in [5.74, 6) is 1.93. The molecule has 0 N–H and O–H groups in total. The van der Waals surface area contributed by atoms with E-state index < -0.39 is 0 Å². The van der Waals surface area contributed by atoms with Crippen LogP contribution in [0.25, 0.3) is 50.0 Å². The Morgan fingerprint density at radius 3 is 2.30 bits per heavy atom. The maximum atomic E-state index is 6.73. The summed E-state index contributed by atoms with van der Waals surface area (Å²) >= 11 is 0. The minimum Gasteiger partial charge on any atom is -0.454 e. The maximum absolute atomic E-state index is 6.73. The normalized spacial score (nSPS) is 11.7. The van der Waals surface area contributed by atoms with Gasteiger partial charge in [-0.25, -0.2) is 0 Å². The molecule has 0 saturated carbocycles. The number of hydrogen-bond acceptors (Lipinski definition) is 2. The summed E-state index contributed by atoms with van der Waals surface area (Å²) in [5.41, 5.74) is 8.66. The number of aromatic nitrogens is 2. The Labute approximate surface area is 231 Å². The van der Waals surface area contributed by atoms with Crippen LogP contribution in [-0.4, -0.2) is 9.55 Å². The van der Waals surface area contributed by atoms with Gasteiger partial charge in [0.2, 0.25) is 0 Å². The van der Waals surface area contributed by atoms with Crippen LogP contribution in [0.2, 0.25) is 0 Å². The summed E-state index contributed by atoms with van der Waals surface area (Å²) in [5, 5.41) is 2.40. The second-order valence-corrected chi connectivity index (χ2v) is 10.6. The van der Waals surface area contributed by atoms with E-state index in [0.29, 0.717) is 11.8 Å². The molecule has 3 nitrogen and oxygen atoms in total. The molecule has 0 amide bonds. The molecule has 0 aliphatic carbocycles. The fourth-order valence-corrected chi connectivity index (χ4v) is 5.43. The summed E-state index contributed by atoms with van der Waals surface area (Å²) in [6, 6.07) is 30.8. The first kappa shape index (κ1) is 25.4. The van der Waals surface area contributed by atoms with E-state index in [1.165, 1.54) is 21.9 Å². The van der Waals surface area contributed by atoms with Crippen molar-refractivity contribution in [3.8, 4) is 17.1 Å². The molecule has 4 heteroatoms. The van der Waals surface area contributed by atoms with Crippen LogP contribution in [0.4, 0.5) is 0 Å². The van der Waals surface area contributed by atoms with Crippen molar-refractivity contribution in [3.05, 3.63) is 96.1 Å². The molecule has 0 atom stereocenters. The third-order valence-electron chi connectivity index (χ3n) is 6.77. The fraction of sp³-hybridized carbons (Fsp3) is 0.242. The van der Waals surface area contributed by atoms with Crippen molar-refractivity contribution >= 4 is 33.0 Å². The van der Waals surface area contributed by atoms with Crippen LogP contribution in [0.1, 0.15) is 38.8 Å². The van der Waals surface area contributed by atoms with Crippen LogP contribution in [0.15, 0.2) is 83.3 Å². The zero-order valence-electron chi connectivity index (χ0n) is 21.7. The van der Waals surface area contributed by atoms with Crippen molar-refractivity contribution in [1.29, 1.82) is 0 Å². The molecule has 0 aliphatic heterocycles. The number of imidazole rings is 1. The van der Waals surface area contributed by atoms with Crippen molar-refractivity contribution in [2.45, 2.75) is 40.5 Å². The van der Waals surface area contributed by atoms with Crippen molar-refractivity contribution in [1.82, 2.24) is 9.55 Å². The molecule has 37 heavy (non-hydrogen) atoms. The van der Waals surface area contributed by atoms with Crippen LogP contribution < -0.4 is 0 Å². The minimum absolute atomic E-state index is 0. The molecule has 189 valence electrons. The first-order valence-corrected chi connectivity index (χ1v) is 12.9. The maximum Gasteiger partial charge on any atom is 0.159 e. The smallest absolute Gasteiger partial charge is 0.159 e. The molecule has 0 bridgehead atoms. The molecule has 0 unspecified atom stereocenters. The van der Waals surface area contributed by atoms with Gasteiger partial charge in [-0.2, -0.15) is 0 Å². The molecule has 0 aliphatic rings. The van der Waals surface area contributed by atoms with Gasteiger partial charge in [0, 0.05) is 30.9 Å². The van der Waals surface area contributed by atoms with E-state index in [1.54, 1.807) is 0 Å². The summed E-state index contributed by atoms with van der Waals surface area (Å²) in [4.78, 5) is 5.10. The summed E-state index contributed by atoms with van der Waals surface area (Å²) < 4.78 is 9.04. The topological polar surface area (TPSA) is 31.0 Å². The van der Waals surface area contributed by atoms with Crippen molar-refractivity contribution in [2.24, 2.45) is 11.8 Å². The van der Waals surface area contributed by atoms with Crippen molar-refractivity contribution in [3.63, 3.8) is 0 Å². The standard InChI is InChI=1S/C33H31N2O.Ir/c1-21(2)18-24-20-25(19-22(3)4)31(32-30(24)26-14-8-11-17-29(26)36-32)35-28-16-10-9-15-27(28)34-33(35)23-12-6-5-7-13-23;/h5-12,14-17,20-22H,18-19H2,1-4H3;/q-1;. The Morgan fingerprint density at radius 1 is 0.838 bits per heavy atom. The molecule has 0 fully saturated rings. The van der Waals surface area contributed by atoms with Crippen LogP contribution in [-0.2, 0) is 32.9 Å². The van der Waals surface area contributed by atoms with Gasteiger partial charge in [-0.05, 0) is 54.0 Å². The average Bonchev–Trinajstić information content (AvgIpc) is 3.43. The van der Waals surface area contributed by atoms with Gasteiger partial charge < -0.3 is 8.98 Å². The van der Waals surface area contributed by atoms with Gasteiger partial charge in [0.15, 0.2) is 5.58 Å². The Bertz CT molecular complexity index is 1690. The Morgan fingerprint density at radius 2 is 1.54 bits per heavy atom. The van der Waals surface area contributed by atoms with Crippen LogP contribution in [0, 0.1) is 17.9 Å². The number of hydrogen-bond donors (Lipinski definition) is 0. The first-order chi connectivity index (χ1) is 17.5. The zero-order chi connectivity index (χ0) is 24.8. The van der Waals surface area contributed by atoms with Crippen LogP contribution in [0.5, 0.6) is 0 Å². The zero-order valence-corrected chi connectivity index (χ0v) is 24.1. The predicted octanol–water partition coefficient (Wildman–Crippen LogP) is 8.79. The van der Waals surface area contributed by atoms with Crippen LogP contribution in [0.3, 0.4) is 0 Å². The Kier molecular flexibility index (Phi) is 7.07. The van der Waals surface area contributed by atoms with Gasteiger partial charge in [-0.3, -0.25) is 4.98 Å². The quantitative estimate of drug-likeness (QED) is 0.167. The molecule has 2 heterocycles. The summed E-state index contributed by atoms with van der Waals surface area (Å²) in [6.45, 7) is 9.15.